The van der Waals surface area contributed by atoms with Crippen molar-refractivity contribution < 1.29 is 9.47 Å². The zero-order chi connectivity index (χ0) is 18.9. The van der Waals surface area contributed by atoms with Crippen molar-refractivity contribution in [1.29, 1.82) is 0 Å². The Balaban J connectivity index is 1.47. The summed E-state index contributed by atoms with van der Waals surface area (Å²) in [5.74, 6) is 2.45. The van der Waals surface area contributed by atoms with Gasteiger partial charge in [-0.3, -0.25) is 0 Å². The summed E-state index contributed by atoms with van der Waals surface area (Å²) in [5.41, 5.74) is 3.13. The lowest BCUT2D eigenvalue weighted by atomic mass is 9.87. The van der Waals surface area contributed by atoms with Gasteiger partial charge in [-0.2, -0.15) is 10.1 Å². The number of nitrogens with zero attached hydrogens (tertiary/aromatic N) is 3. The van der Waals surface area contributed by atoms with Gasteiger partial charge in [-0.15, -0.1) is 5.10 Å². The highest BCUT2D eigenvalue weighted by Gasteiger charge is 2.14. The fourth-order valence-corrected chi connectivity index (χ4v) is 2.72. The number of hydrogen-bond donors (Lipinski definition) is 2. The number of aromatic nitrogens is 3. The summed E-state index contributed by atoms with van der Waals surface area (Å²) in [5, 5.41) is 14.4. The standard InChI is InChI=1S/C20H21N5O2/c1-20(2,3)13-4-6-14(7-5-13)23-19-24-18(11-21-25-19)22-15-8-9-16-17(10-15)27-12-26-16/h4-11H,12H2,1-3H3,(H2,22,23,24,25). The van der Waals surface area contributed by atoms with Crippen molar-refractivity contribution in [2.45, 2.75) is 26.2 Å². The Morgan fingerprint density at radius 1 is 0.889 bits per heavy atom. The minimum Gasteiger partial charge on any atom is -0.454 e. The van der Waals surface area contributed by atoms with Gasteiger partial charge in [0.2, 0.25) is 12.7 Å². The van der Waals surface area contributed by atoms with Gasteiger partial charge in [0.05, 0.1) is 6.20 Å². The normalized spacial score (nSPS) is 12.7. The molecule has 2 heterocycles. The second-order valence-electron chi connectivity index (χ2n) is 7.31. The van der Waals surface area contributed by atoms with E-state index in [1.807, 2.05) is 30.3 Å². The zero-order valence-electron chi connectivity index (χ0n) is 15.5. The van der Waals surface area contributed by atoms with Crippen LogP contribution in [0.4, 0.5) is 23.1 Å². The number of hydrogen-bond acceptors (Lipinski definition) is 7. The van der Waals surface area contributed by atoms with Crippen LogP contribution in [0.25, 0.3) is 0 Å². The summed E-state index contributed by atoms with van der Waals surface area (Å²) < 4.78 is 10.7. The van der Waals surface area contributed by atoms with Gasteiger partial charge in [-0.25, -0.2) is 0 Å². The third kappa shape index (κ3) is 3.92. The van der Waals surface area contributed by atoms with Crippen molar-refractivity contribution in [3.63, 3.8) is 0 Å². The van der Waals surface area contributed by atoms with Crippen LogP contribution in [-0.2, 0) is 5.41 Å². The first-order chi connectivity index (χ1) is 13.0. The molecule has 0 fully saturated rings. The summed E-state index contributed by atoms with van der Waals surface area (Å²) in [6, 6.07) is 13.9. The fraction of sp³-hybridized carbons (Fsp3) is 0.250. The van der Waals surface area contributed by atoms with Crippen molar-refractivity contribution in [3.8, 4) is 11.5 Å². The van der Waals surface area contributed by atoms with E-state index in [1.165, 1.54) is 5.56 Å². The molecule has 1 aliphatic heterocycles. The van der Waals surface area contributed by atoms with E-state index < -0.39 is 0 Å². The molecule has 0 unspecified atom stereocenters. The first kappa shape index (κ1) is 17.1. The summed E-state index contributed by atoms with van der Waals surface area (Å²) >= 11 is 0. The average molecular weight is 363 g/mol. The molecule has 3 aromatic rings. The molecule has 27 heavy (non-hydrogen) atoms. The highest BCUT2D eigenvalue weighted by Crippen LogP contribution is 2.35. The predicted molar refractivity (Wildman–Crippen MR) is 104 cm³/mol. The lowest BCUT2D eigenvalue weighted by Gasteiger charge is -2.19. The smallest absolute Gasteiger partial charge is 0.249 e. The Morgan fingerprint density at radius 3 is 2.41 bits per heavy atom. The zero-order valence-corrected chi connectivity index (χ0v) is 15.5. The second-order valence-corrected chi connectivity index (χ2v) is 7.31. The highest BCUT2D eigenvalue weighted by atomic mass is 16.7. The van der Waals surface area contributed by atoms with Gasteiger partial charge >= 0.3 is 0 Å². The molecule has 0 aliphatic carbocycles. The highest BCUT2D eigenvalue weighted by molar-refractivity contribution is 5.62. The molecule has 0 saturated heterocycles. The quantitative estimate of drug-likeness (QED) is 0.711. The molecule has 7 nitrogen and oxygen atoms in total. The van der Waals surface area contributed by atoms with E-state index in [4.69, 9.17) is 9.47 Å². The third-order valence-electron chi connectivity index (χ3n) is 4.21. The van der Waals surface area contributed by atoms with Crippen LogP contribution in [0, 0.1) is 0 Å². The lowest BCUT2D eigenvalue weighted by Crippen LogP contribution is -2.10. The molecule has 1 aromatic heterocycles. The lowest BCUT2D eigenvalue weighted by molar-refractivity contribution is 0.174. The molecule has 2 aromatic carbocycles. The molecule has 1 aliphatic rings. The SMILES string of the molecule is CC(C)(C)c1ccc(Nc2nncc(Nc3ccc4c(c3)OCO4)n2)cc1. The van der Waals surface area contributed by atoms with Crippen molar-refractivity contribution in [1.82, 2.24) is 15.2 Å². The molecule has 138 valence electrons. The summed E-state index contributed by atoms with van der Waals surface area (Å²) in [7, 11) is 0. The van der Waals surface area contributed by atoms with Gasteiger partial charge in [0.1, 0.15) is 0 Å². The van der Waals surface area contributed by atoms with E-state index in [0.29, 0.717) is 17.5 Å². The Morgan fingerprint density at radius 2 is 1.63 bits per heavy atom. The maximum atomic E-state index is 5.39. The van der Waals surface area contributed by atoms with Crippen LogP contribution < -0.4 is 20.1 Å². The monoisotopic (exact) mass is 363 g/mol. The molecule has 2 N–H and O–H groups in total. The van der Waals surface area contributed by atoms with E-state index in [9.17, 15) is 0 Å². The number of anilines is 4. The maximum Gasteiger partial charge on any atom is 0.249 e. The van der Waals surface area contributed by atoms with Crippen LogP contribution in [0.1, 0.15) is 26.3 Å². The Kier molecular flexibility index (Phi) is 4.27. The summed E-state index contributed by atoms with van der Waals surface area (Å²) in [6.07, 6.45) is 1.57. The van der Waals surface area contributed by atoms with Crippen molar-refractivity contribution in [2.24, 2.45) is 0 Å². The first-order valence-electron chi connectivity index (χ1n) is 8.71. The molecule has 0 amide bonds. The van der Waals surface area contributed by atoms with E-state index in [0.717, 1.165) is 17.1 Å². The van der Waals surface area contributed by atoms with E-state index in [2.05, 4.69) is 58.7 Å². The predicted octanol–water partition coefficient (Wildman–Crippen LogP) is 4.39. The molecule has 0 radical (unpaired) electrons. The third-order valence-corrected chi connectivity index (χ3v) is 4.21. The second kappa shape index (κ2) is 6.75. The minimum atomic E-state index is 0.116. The Labute approximate surface area is 157 Å². The number of nitrogens with one attached hydrogen (secondary N) is 2. The van der Waals surface area contributed by atoms with Gasteiger partial charge in [0.25, 0.3) is 0 Å². The van der Waals surface area contributed by atoms with Crippen molar-refractivity contribution >= 4 is 23.1 Å². The van der Waals surface area contributed by atoms with Gasteiger partial charge < -0.3 is 20.1 Å². The molecular weight excluding hydrogens is 342 g/mol. The van der Waals surface area contributed by atoms with Crippen LogP contribution in [0.3, 0.4) is 0 Å². The maximum absolute atomic E-state index is 5.39. The van der Waals surface area contributed by atoms with Crippen molar-refractivity contribution in [2.75, 3.05) is 17.4 Å². The Hall–Kier alpha value is -3.35. The Bertz CT molecular complexity index is 951. The number of fused-ring (bicyclic) bond motifs is 1. The summed E-state index contributed by atoms with van der Waals surface area (Å²) in [4.78, 5) is 4.46. The minimum absolute atomic E-state index is 0.116. The van der Waals surface area contributed by atoms with Gasteiger partial charge in [0.15, 0.2) is 17.3 Å². The van der Waals surface area contributed by atoms with Gasteiger partial charge in [0, 0.05) is 17.4 Å². The van der Waals surface area contributed by atoms with Gasteiger partial charge in [-0.05, 0) is 35.2 Å². The number of ether oxygens (including phenoxy) is 2. The van der Waals surface area contributed by atoms with Crippen LogP contribution >= 0.6 is 0 Å². The number of benzene rings is 2. The van der Waals surface area contributed by atoms with E-state index in [-0.39, 0.29) is 12.2 Å². The first-order valence-corrected chi connectivity index (χ1v) is 8.71. The van der Waals surface area contributed by atoms with Crippen LogP contribution in [-0.4, -0.2) is 22.0 Å². The molecule has 0 bridgehead atoms. The molecule has 0 saturated carbocycles. The van der Waals surface area contributed by atoms with E-state index >= 15 is 0 Å². The molecule has 7 heteroatoms. The van der Waals surface area contributed by atoms with Gasteiger partial charge in [-0.1, -0.05) is 32.9 Å². The fourth-order valence-electron chi connectivity index (χ4n) is 2.72. The topological polar surface area (TPSA) is 81.2 Å². The average Bonchev–Trinajstić information content (AvgIpc) is 3.09. The molecule has 4 rings (SSSR count). The van der Waals surface area contributed by atoms with E-state index in [1.54, 1.807) is 6.20 Å². The molecular formula is C20H21N5O2. The van der Waals surface area contributed by atoms with Crippen molar-refractivity contribution in [3.05, 3.63) is 54.2 Å². The molecule has 0 atom stereocenters. The molecule has 0 spiro atoms. The summed E-state index contributed by atoms with van der Waals surface area (Å²) in [6.45, 7) is 6.81. The van der Waals surface area contributed by atoms with Crippen LogP contribution in [0.2, 0.25) is 0 Å². The number of rotatable bonds is 4. The largest absolute Gasteiger partial charge is 0.454 e. The van der Waals surface area contributed by atoms with Crippen LogP contribution in [0.15, 0.2) is 48.7 Å². The van der Waals surface area contributed by atoms with Crippen LogP contribution in [0.5, 0.6) is 11.5 Å².